The van der Waals surface area contributed by atoms with Crippen LogP contribution in [-0.4, -0.2) is 11.6 Å². The molecule has 1 N–H and O–H groups in total. The van der Waals surface area contributed by atoms with Gasteiger partial charge in [-0.25, -0.2) is 0 Å². The van der Waals surface area contributed by atoms with Crippen molar-refractivity contribution in [3.63, 3.8) is 0 Å². The highest BCUT2D eigenvalue weighted by Crippen LogP contribution is 2.15. The molecule has 4 heteroatoms. The van der Waals surface area contributed by atoms with Crippen LogP contribution in [0.15, 0.2) is 0 Å². The van der Waals surface area contributed by atoms with E-state index in [0.29, 0.717) is 0 Å². The van der Waals surface area contributed by atoms with E-state index in [1.54, 1.807) is 0 Å². The fourth-order valence-corrected chi connectivity index (χ4v) is 0.250. The maximum atomic E-state index is 8.36. The molecule has 1 aliphatic rings. The minimum absolute atomic E-state index is 0. The molecule has 0 bridgehead atoms. The van der Waals surface area contributed by atoms with Gasteiger partial charge in [0, 0.05) is 0 Å². The summed E-state index contributed by atoms with van der Waals surface area (Å²) < 4.78 is 0. The predicted octanol–water partition coefficient (Wildman–Crippen LogP) is 1.47. The van der Waals surface area contributed by atoms with E-state index in [9.17, 15) is 0 Å². The van der Waals surface area contributed by atoms with Crippen LogP contribution in [0.4, 0.5) is 4.70 Å². The number of halogens is 1. The Bertz CT molecular complexity index is 44.2. The van der Waals surface area contributed by atoms with E-state index in [2.05, 4.69) is 0 Å². The molecule has 0 radical (unpaired) electrons. The van der Waals surface area contributed by atoms with Crippen LogP contribution in [0.25, 0.3) is 0 Å². The van der Waals surface area contributed by atoms with Crippen molar-refractivity contribution >= 4 is 16.4 Å². The average molecular weight is 156 g/mol. The van der Waals surface area contributed by atoms with E-state index < -0.39 is 0 Å². The van der Waals surface area contributed by atoms with Crippen molar-refractivity contribution in [1.29, 1.82) is 0 Å². The first kappa shape index (κ1) is 15.9. The molecule has 0 amide bonds. The van der Waals surface area contributed by atoms with E-state index in [1.807, 2.05) is 0 Å². The Hall–Kier alpha value is -0.170. The number of carboxylic acid groups (broad SMARTS) is 1. The molecule has 0 heterocycles. The lowest BCUT2D eigenvalue weighted by molar-refractivity contribution is -0.122. The maximum absolute atomic E-state index is 8.36. The third kappa shape index (κ3) is 18.1. The summed E-state index contributed by atoms with van der Waals surface area (Å²) in [6, 6.07) is 0. The van der Waals surface area contributed by atoms with Gasteiger partial charge in [-0.05, 0) is 0 Å². The number of rotatable bonds is 0. The Labute approximate surface area is 57.6 Å². The van der Waals surface area contributed by atoms with Crippen molar-refractivity contribution in [2.24, 2.45) is 0 Å². The Morgan fingerprint density at radius 3 is 1.22 bits per heavy atom. The normalized spacial score (nSPS) is 12.0. The molecular weight excluding hydrogens is 142 g/mol. The van der Waals surface area contributed by atoms with E-state index in [0.717, 1.165) is 0 Å². The number of hydrogen-bond donors (Lipinski definition) is 1. The highest BCUT2D eigenvalue weighted by molar-refractivity contribution is 6.92. The van der Waals surface area contributed by atoms with Gasteiger partial charge in [-0.3, -0.25) is 9.50 Å². The Morgan fingerprint density at radius 2 is 1.22 bits per heavy atom. The SMILES string of the molecule is C1CCC1.F.O=CO.P. The van der Waals surface area contributed by atoms with Crippen LogP contribution in [0.3, 0.4) is 0 Å². The van der Waals surface area contributed by atoms with Gasteiger partial charge in [-0.2, -0.15) is 9.90 Å². The zero-order valence-corrected chi connectivity index (χ0v) is 6.79. The molecule has 2 nitrogen and oxygen atoms in total. The standard InChI is InChI=1S/C4H8.CH2O2.FH.H3P/c1-2-4-3-1;2-1-3;;/h1-4H2;1H,(H,2,3);1H;1H3. The third-order valence-corrected chi connectivity index (χ3v) is 1.000. The molecule has 1 saturated carbocycles. The molecule has 1 atom stereocenters. The van der Waals surface area contributed by atoms with Crippen LogP contribution in [0.2, 0.25) is 0 Å². The molecule has 9 heavy (non-hydrogen) atoms. The summed E-state index contributed by atoms with van der Waals surface area (Å²) in [5.41, 5.74) is 0. The van der Waals surface area contributed by atoms with Crippen LogP contribution in [0, 0.1) is 0 Å². The molecule has 1 rings (SSSR count). The molecule has 58 valence electrons. The third-order valence-electron chi connectivity index (χ3n) is 1.000. The molecule has 0 saturated heterocycles. The van der Waals surface area contributed by atoms with Crippen LogP contribution < -0.4 is 0 Å². The number of hydrogen-bond acceptors (Lipinski definition) is 1. The Kier molecular flexibility index (Phi) is 27.7. The first-order valence-electron chi connectivity index (χ1n) is 2.49. The molecule has 1 unspecified atom stereocenters. The van der Waals surface area contributed by atoms with E-state index >= 15 is 0 Å². The van der Waals surface area contributed by atoms with Gasteiger partial charge in [-0.15, -0.1) is 0 Å². The van der Waals surface area contributed by atoms with Crippen molar-refractivity contribution in [2.75, 3.05) is 0 Å². The van der Waals surface area contributed by atoms with Gasteiger partial charge in [-0.1, -0.05) is 25.7 Å². The smallest absolute Gasteiger partial charge is 0.290 e. The largest absolute Gasteiger partial charge is 0.483 e. The zero-order chi connectivity index (χ0) is 5.54. The molecule has 0 aromatic heterocycles. The quantitative estimate of drug-likeness (QED) is 0.426. The van der Waals surface area contributed by atoms with E-state index in [-0.39, 0.29) is 21.1 Å². The molecular formula is C5H14FO2P. The Balaban J connectivity index is -0.0000000680. The summed E-state index contributed by atoms with van der Waals surface area (Å²) in [5.74, 6) is 0. The van der Waals surface area contributed by atoms with Crippen LogP contribution in [-0.2, 0) is 4.79 Å². The highest BCUT2D eigenvalue weighted by Gasteiger charge is 1.95. The molecule has 1 aliphatic carbocycles. The van der Waals surface area contributed by atoms with Crippen molar-refractivity contribution in [3.05, 3.63) is 0 Å². The van der Waals surface area contributed by atoms with Crippen molar-refractivity contribution in [3.8, 4) is 0 Å². The first-order chi connectivity index (χ1) is 3.41. The van der Waals surface area contributed by atoms with Crippen molar-refractivity contribution < 1.29 is 14.6 Å². The summed E-state index contributed by atoms with van der Waals surface area (Å²) in [4.78, 5) is 8.36. The van der Waals surface area contributed by atoms with E-state index in [1.165, 1.54) is 25.7 Å². The van der Waals surface area contributed by atoms with Gasteiger partial charge < -0.3 is 5.11 Å². The highest BCUT2D eigenvalue weighted by atomic mass is 31.0. The lowest BCUT2D eigenvalue weighted by Crippen LogP contribution is -1.85. The maximum Gasteiger partial charge on any atom is 0.290 e. The summed E-state index contributed by atoms with van der Waals surface area (Å²) in [5, 5.41) is 6.89. The van der Waals surface area contributed by atoms with E-state index in [4.69, 9.17) is 9.90 Å². The van der Waals surface area contributed by atoms with Crippen LogP contribution >= 0.6 is 9.90 Å². The topological polar surface area (TPSA) is 37.3 Å². The summed E-state index contributed by atoms with van der Waals surface area (Å²) >= 11 is 0. The van der Waals surface area contributed by atoms with Crippen LogP contribution in [0.5, 0.6) is 0 Å². The van der Waals surface area contributed by atoms with Gasteiger partial charge in [0.2, 0.25) is 0 Å². The minimum Gasteiger partial charge on any atom is -0.483 e. The zero-order valence-electron chi connectivity index (χ0n) is 5.38. The Morgan fingerprint density at radius 1 is 1.11 bits per heavy atom. The second-order valence-corrected chi connectivity index (χ2v) is 1.52. The predicted molar refractivity (Wildman–Crippen MR) is 40.8 cm³/mol. The summed E-state index contributed by atoms with van der Waals surface area (Å²) in [6.45, 7) is -0.250. The van der Waals surface area contributed by atoms with Gasteiger partial charge in [0.05, 0.1) is 0 Å². The molecule has 0 aromatic rings. The summed E-state index contributed by atoms with van der Waals surface area (Å²) in [6.07, 6.45) is 6.00. The summed E-state index contributed by atoms with van der Waals surface area (Å²) in [7, 11) is 0. The van der Waals surface area contributed by atoms with Crippen molar-refractivity contribution in [2.45, 2.75) is 25.7 Å². The second kappa shape index (κ2) is 15.7. The lowest BCUT2D eigenvalue weighted by atomic mass is 10.0. The fourth-order valence-electron chi connectivity index (χ4n) is 0.250. The first-order valence-corrected chi connectivity index (χ1v) is 2.49. The second-order valence-electron chi connectivity index (χ2n) is 1.52. The minimum atomic E-state index is -0.250. The fraction of sp³-hybridized carbons (Fsp3) is 0.800. The number of carbonyl (C=O) groups is 1. The van der Waals surface area contributed by atoms with Gasteiger partial charge >= 0.3 is 0 Å². The molecule has 1 fully saturated rings. The van der Waals surface area contributed by atoms with Gasteiger partial charge in [0.15, 0.2) is 0 Å². The molecule has 0 spiro atoms. The lowest BCUT2D eigenvalue weighted by Gasteiger charge is -2.05. The van der Waals surface area contributed by atoms with Crippen LogP contribution in [0.1, 0.15) is 25.7 Å². The van der Waals surface area contributed by atoms with Crippen molar-refractivity contribution in [1.82, 2.24) is 0 Å². The average Bonchev–Trinajstić information content (AvgIpc) is 1.27. The van der Waals surface area contributed by atoms with Gasteiger partial charge in [0.1, 0.15) is 0 Å². The van der Waals surface area contributed by atoms with Gasteiger partial charge in [0.25, 0.3) is 6.47 Å². The molecule has 0 aromatic carbocycles. The molecule has 0 aliphatic heterocycles. The monoisotopic (exact) mass is 156 g/mol.